The lowest BCUT2D eigenvalue weighted by Crippen LogP contribution is -2.21. The van der Waals surface area contributed by atoms with E-state index in [9.17, 15) is 22.4 Å². The van der Waals surface area contributed by atoms with Gasteiger partial charge in [-0.2, -0.15) is 13.2 Å². The normalized spacial score (nSPS) is 17.0. The van der Waals surface area contributed by atoms with Crippen molar-refractivity contribution in [2.24, 2.45) is 0 Å². The van der Waals surface area contributed by atoms with E-state index in [-0.39, 0.29) is 11.7 Å². The maximum absolute atomic E-state index is 13.1. The molecule has 0 amide bonds. The van der Waals surface area contributed by atoms with E-state index < -0.39 is 23.5 Å². The first kappa shape index (κ1) is 14.8. The Morgan fingerprint density at radius 2 is 1.80 bits per heavy atom. The summed E-state index contributed by atoms with van der Waals surface area (Å²) >= 11 is 0. The van der Waals surface area contributed by atoms with E-state index in [1.54, 1.807) is 0 Å². The van der Waals surface area contributed by atoms with Crippen LogP contribution in [-0.4, -0.2) is 12.1 Å². The molecule has 1 aromatic rings. The molecule has 1 fully saturated rings. The molecule has 2 rings (SSSR count). The minimum atomic E-state index is -4.83. The van der Waals surface area contributed by atoms with Crippen LogP contribution in [0.15, 0.2) is 18.2 Å². The highest BCUT2D eigenvalue weighted by atomic mass is 19.4. The van der Waals surface area contributed by atoms with Crippen molar-refractivity contribution >= 4 is 5.97 Å². The second-order valence-corrected chi connectivity index (χ2v) is 4.86. The fraction of sp³-hybridized carbons (Fsp3) is 0.500. The largest absolute Gasteiger partial charge is 0.459 e. The molecule has 0 heterocycles. The third-order valence-corrected chi connectivity index (χ3v) is 3.33. The van der Waals surface area contributed by atoms with Crippen molar-refractivity contribution in [3.8, 4) is 0 Å². The number of ether oxygens (including phenoxy) is 1. The highest BCUT2D eigenvalue weighted by molar-refractivity contribution is 5.89. The SMILES string of the molecule is O=C(OC1CCCCC1)c1ccc(F)c(C(F)(F)F)c1. The summed E-state index contributed by atoms with van der Waals surface area (Å²) < 4.78 is 55.9. The highest BCUT2D eigenvalue weighted by Gasteiger charge is 2.35. The van der Waals surface area contributed by atoms with E-state index in [1.165, 1.54) is 0 Å². The smallest absolute Gasteiger partial charge is 0.419 e. The summed E-state index contributed by atoms with van der Waals surface area (Å²) in [5.74, 6) is -2.23. The second kappa shape index (κ2) is 5.81. The molecule has 0 aromatic heterocycles. The van der Waals surface area contributed by atoms with E-state index in [0.717, 1.165) is 38.2 Å². The summed E-state index contributed by atoms with van der Waals surface area (Å²) in [6.07, 6.45) is -0.688. The molecule has 2 nitrogen and oxygen atoms in total. The van der Waals surface area contributed by atoms with E-state index in [1.807, 2.05) is 0 Å². The van der Waals surface area contributed by atoms with Gasteiger partial charge in [0.25, 0.3) is 0 Å². The van der Waals surface area contributed by atoms with Crippen LogP contribution in [-0.2, 0) is 10.9 Å². The van der Waals surface area contributed by atoms with E-state index in [0.29, 0.717) is 12.1 Å². The molecule has 6 heteroatoms. The summed E-state index contributed by atoms with van der Waals surface area (Å²) in [6.45, 7) is 0. The highest BCUT2D eigenvalue weighted by Crippen LogP contribution is 2.32. The van der Waals surface area contributed by atoms with Crippen LogP contribution in [0.4, 0.5) is 17.6 Å². The van der Waals surface area contributed by atoms with Gasteiger partial charge in [0.2, 0.25) is 0 Å². The summed E-state index contributed by atoms with van der Waals surface area (Å²) in [4.78, 5) is 11.8. The molecule has 1 aromatic carbocycles. The molecular weight excluding hydrogens is 276 g/mol. The fourth-order valence-electron chi connectivity index (χ4n) is 2.27. The van der Waals surface area contributed by atoms with Gasteiger partial charge >= 0.3 is 12.1 Å². The van der Waals surface area contributed by atoms with Gasteiger partial charge in [0.1, 0.15) is 11.9 Å². The number of esters is 1. The number of hydrogen-bond donors (Lipinski definition) is 0. The Kier molecular flexibility index (Phi) is 4.30. The van der Waals surface area contributed by atoms with Gasteiger partial charge < -0.3 is 4.74 Å². The summed E-state index contributed by atoms with van der Waals surface area (Å²) in [5.41, 5.74) is -1.72. The third-order valence-electron chi connectivity index (χ3n) is 3.33. The van der Waals surface area contributed by atoms with Crippen molar-refractivity contribution < 1.29 is 27.1 Å². The predicted octanol–water partition coefficient (Wildman–Crippen LogP) is 4.33. The van der Waals surface area contributed by atoms with Gasteiger partial charge in [0, 0.05) is 0 Å². The monoisotopic (exact) mass is 290 g/mol. The first-order valence-electron chi connectivity index (χ1n) is 6.45. The van der Waals surface area contributed by atoms with Crippen molar-refractivity contribution in [3.05, 3.63) is 35.1 Å². The maximum atomic E-state index is 13.1. The van der Waals surface area contributed by atoms with Crippen molar-refractivity contribution in [2.75, 3.05) is 0 Å². The molecule has 0 N–H and O–H groups in total. The molecule has 0 spiro atoms. The van der Waals surface area contributed by atoms with Gasteiger partial charge in [0.05, 0.1) is 11.1 Å². The van der Waals surface area contributed by atoms with Crippen LogP contribution >= 0.6 is 0 Å². The van der Waals surface area contributed by atoms with E-state index >= 15 is 0 Å². The molecule has 0 unspecified atom stereocenters. The standard InChI is InChI=1S/C14H14F4O2/c15-12-7-6-9(8-11(12)14(16,17)18)13(19)20-10-4-2-1-3-5-10/h6-8,10H,1-5H2. The summed E-state index contributed by atoms with van der Waals surface area (Å²) in [6, 6.07) is 2.15. The van der Waals surface area contributed by atoms with Crippen LogP contribution in [0.5, 0.6) is 0 Å². The van der Waals surface area contributed by atoms with Crippen LogP contribution in [0, 0.1) is 5.82 Å². The molecule has 0 saturated heterocycles. The molecular formula is C14H14F4O2. The number of hydrogen-bond acceptors (Lipinski definition) is 2. The number of benzene rings is 1. The lowest BCUT2D eigenvalue weighted by atomic mass is 9.98. The average Bonchev–Trinajstić information content (AvgIpc) is 2.39. The van der Waals surface area contributed by atoms with Gasteiger partial charge in [-0.25, -0.2) is 9.18 Å². The van der Waals surface area contributed by atoms with Crippen LogP contribution in [0.25, 0.3) is 0 Å². The van der Waals surface area contributed by atoms with Gasteiger partial charge in [-0.15, -0.1) is 0 Å². The lowest BCUT2D eigenvalue weighted by Gasteiger charge is -2.22. The molecule has 0 aliphatic heterocycles. The quantitative estimate of drug-likeness (QED) is 0.598. The van der Waals surface area contributed by atoms with Gasteiger partial charge in [0.15, 0.2) is 0 Å². The van der Waals surface area contributed by atoms with E-state index in [4.69, 9.17) is 4.74 Å². The fourth-order valence-corrected chi connectivity index (χ4v) is 2.27. The van der Waals surface area contributed by atoms with Crippen molar-refractivity contribution in [1.29, 1.82) is 0 Å². The Morgan fingerprint density at radius 1 is 1.15 bits per heavy atom. The lowest BCUT2D eigenvalue weighted by molar-refractivity contribution is -0.140. The third kappa shape index (κ3) is 3.49. The topological polar surface area (TPSA) is 26.3 Å². The molecule has 0 radical (unpaired) electrons. The number of carbonyl (C=O) groups is 1. The molecule has 0 bridgehead atoms. The average molecular weight is 290 g/mol. The Labute approximate surface area is 113 Å². The molecule has 0 atom stereocenters. The molecule has 1 saturated carbocycles. The van der Waals surface area contributed by atoms with Crippen molar-refractivity contribution in [3.63, 3.8) is 0 Å². The Hall–Kier alpha value is -1.59. The minimum Gasteiger partial charge on any atom is -0.459 e. The van der Waals surface area contributed by atoms with Crippen molar-refractivity contribution in [1.82, 2.24) is 0 Å². The van der Waals surface area contributed by atoms with Crippen molar-refractivity contribution in [2.45, 2.75) is 44.4 Å². The molecule has 1 aliphatic carbocycles. The zero-order valence-electron chi connectivity index (χ0n) is 10.7. The number of carbonyl (C=O) groups excluding carboxylic acids is 1. The number of alkyl halides is 3. The number of halogens is 4. The van der Waals surface area contributed by atoms with Crippen LogP contribution in [0.1, 0.15) is 48.0 Å². The second-order valence-electron chi connectivity index (χ2n) is 4.86. The van der Waals surface area contributed by atoms with Crippen LogP contribution in [0.3, 0.4) is 0 Å². The van der Waals surface area contributed by atoms with E-state index in [2.05, 4.69) is 0 Å². The van der Waals surface area contributed by atoms with Gasteiger partial charge in [-0.3, -0.25) is 0 Å². The zero-order valence-corrected chi connectivity index (χ0v) is 10.7. The summed E-state index contributed by atoms with van der Waals surface area (Å²) in [7, 11) is 0. The Balaban J connectivity index is 2.13. The Morgan fingerprint density at radius 3 is 2.40 bits per heavy atom. The first-order valence-corrected chi connectivity index (χ1v) is 6.45. The summed E-state index contributed by atoms with van der Waals surface area (Å²) in [5, 5.41) is 0. The van der Waals surface area contributed by atoms with Crippen LogP contribution < -0.4 is 0 Å². The van der Waals surface area contributed by atoms with Crippen LogP contribution in [0.2, 0.25) is 0 Å². The molecule has 1 aliphatic rings. The Bertz CT molecular complexity index is 490. The van der Waals surface area contributed by atoms with Gasteiger partial charge in [-0.05, 0) is 43.9 Å². The molecule has 20 heavy (non-hydrogen) atoms. The minimum absolute atomic E-state index is 0.254. The zero-order chi connectivity index (χ0) is 14.8. The predicted molar refractivity (Wildman–Crippen MR) is 63.7 cm³/mol. The maximum Gasteiger partial charge on any atom is 0.419 e. The number of rotatable bonds is 2. The molecule has 110 valence electrons. The van der Waals surface area contributed by atoms with Gasteiger partial charge in [-0.1, -0.05) is 6.42 Å². The first-order chi connectivity index (χ1) is 9.38.